The number of anilines is 1. The van der Waals surface area contributed by atoms with E-state index in [0.717, 1.165) is 5.56 Å². The topological polar surface area (TPSA) is 108 Å². The minimum Gasteiger partial charge on any atom is -0.339 e. The number of carbonyl (C=O) groups is 1. The first-order chi connectivity index (χ1) is 16.8. The molecule has 3 heterocycles. The van der Waals surface area contributed by atoms with Crippen molar-refractivity contribution in [2.24, 2.45) is 5.41 Å². The number of nitrogens with zero attached hydrogens (tertiary/aromatic N) is 5. The molecule has 0 saturated carbocycles. The molecule has 0 spiro atoms. The van der Waals surface area contributed by atoms with Crippen LogP contribution in [-0.4, -0.2) is 57.1 Å². The Bertz CT molecular complexity index is 1410. The van der Waals surface area contributed by atoms with Crippen LogP contribution in [0.4, 0.5) is 5.95 Å². The van der Waals surface area contributed by atoms with Gasteiger partial charge >= 0.3 is 0 Å². The largest absolute Gasteiger partial charge is 0.339 e. The van der Waals surface area contributed by atoms with Crippen LogP contribution in [0.15, 0.2) is 57.8 Å². The maximum Gasteiger partial charge on any atom is 0.260 e. The lowest BCUT2D eigenvalue weighted by atomic mass is 9.92. The minimum atomic E-state index is -0.156. The van der Waals surface area contributed by atoms with E-state index in [1.165, 1.54) is 0 Å². The number of para-hydroxylation sites is 1. The van der Waals surface area contributed by atoms with Gasteiger partial charge in [0.2, 0.25) is 17.7 Å². The first kappa shape index (κ1) is 22.8. The lowest BCUT2D eigenvalue weighted by Gasteiger charge is -2.35. The number of fused-ring (bicyclic) bond motifs is 1. The summed E-state index contributed by atoms with van der Waals surface area (Å²) >= 11 is 0. The molecule has 9 heteroatoms. The molecule has 2 aromatic heterocycles. The van der Waals surface area contributed by atoms with Crippen LogP contribution in [0.25, 0.3) is 22.3 Å². The number of nitrogens with one attached hydrogen (secondary N) is 1. The number of rotatable bonds is 4. The fraction of sp³-hybridized carbons (Fsp3) is 0.346. The van der Waals surface area contributed by atoms with E-state index in [1.54, 1.807) is 18.2 Å². The molecule has 1 aliphatic rings. The third-order valence-corrected chi connectivity index (χ3v) is 6.01. The summed E-state index contributed by atoms with van der Waals surface area (Å²) in [5, 5.41) is 4.65. The molecule has 180 valence electrons. The minimum absolute atomic E-state index is 0.0299. The van der Waals surface area contributed by atoms with Gasteiger partial charge in [-0.05, 0) is 29.7 Å². The highest BCUT2D eigenvalue weighted by Crippen LogP contribution is 2.23. The summed E-state index contributed by atoms with van der Waals surface area (Å²) in [5.74, 6) is 1.63. The van der Waals surface area contributed by atoms with Crippen LogP contribution in [0.5, 0.6) is 0 Å². The number of carbonyl (C=O) groups excluding carboxylic acids is 1. The van der Waals surface area contributed by atoms with Crippen molar-refractivity contribution < 1.29 is 9.32 Å². The van der Waals surface area contributed by atoms with Crippen molar-refractivity contribution in [3.05, 3.63) is 70.3 Å². The molecule has 1 amide bonds. The zero-order valence-corrected chi connectivity index (χ0v) is 20.1. The summed E-state index contributed by atoms with van der Waals surface area (Å²) in [4.78, 5) is 41.2. The van der Waals surface area contributed by atoms with Crippen molar-refractivity contribution in [2.45, 2.75) is 27.2 Å². The van der Waals surface area contributed by atoms with Crippen LogP contribution >= 0.6 is 0 Å². The maximum absolute atomic E-state index is 13.1. The van der Waals surface area contributed by atoms with Gasteiger partial charge in [0.1, 0.15) is 0 Å². The molecule has 2 aromatic carbocycles. The van der Waals surface area contributed by atoms with Crippen molar-refractivity contribution in [1.82, 2.24) is 25.0 Å². The van der Waals surface area contributed by atoms with Crippen LogP contribution < -0.4 is 10.5 Å². The Kier molecular flexibility index (Phi) is 5.84. The molecule has 9 nitrogen and oxygen atoms in total. The third kappa shape index (κ3) is 4.94. The number of aromatic amines is 1. The van der Waals surface area contributed by atoms with Gasteiger partial charge in [-0.2, -0.15) is 4.98 Å². The van der Waals surface area contributed by atoms with E-state index in [-0.39, 0.29) is 16.9 Å². The Hall–Kier alpha value is -4.01. The number of benzene rings is 2. The summed E-state index contributed by atoms with van der Waals surface area (Å²) in [6.45, 7) is 8.61. The summed E-state index contributed by atoms with van der Waals surface area (Å²) < 4.78 is 5.38. The van der Waals surface area contributed by atoms with Gasteiger partial charge in [0.25, 0.3) is 11.5 Å². The van der Waals surface area contributed by atoms with E-state index >= 15 is 0 Å². The van der Waals surface area contributed by atoms with Crippen molar-refractivity contribution in [1.29, 1.82) is 0 Å². The third-order valence-electron chi connectivity index (χ3n) is 6.01. The fourth-order valence-corrected chi connectivity index (χ4v) is 4.19. The standard InChI is InChI=1S/C26H28N6O3/c1-26(2,3)16-21-28-22(30-35-21)17-8-10-18(11-9-17)24(34)31-12-14-32(15-13-31)25-27-20-7-5-4-6-19(20)23(33)29-25/h4-11H,12-16H2,1-3H3,(H,27,29,33). The highest BCUT2D eigenvalue weighted by atomic mass is 16.5. The van der Waals surface area contributed by atoms with Crippen molar-refractivity contribution in [2.75, 3.05) is 31.1 Å². The smallest absolute Gasteiger partial charge is 0.260 e. The van der Waals surface area contributed by atoms with Crippen LogP contribution in [0.2, 0.25) is 0 Å². The second-order valence-corrected chi connectivity index (χ2v) is 10.0. The Balaban J connectivity index is 1.23. The quantitative estimate of drug-likeness (QED) is 0.484. The van der Waals surface area contributed by atoms with Gasteiger partial charge in [-0.15, -0.1) is 0 Å². The summed E-state index contributed by atoms with van der Waals surface area (Å²) in [6.07, 6.45) is 0.700. The number of amides is 1. The van der Waals surface area contributed by atoms with E-state index in [2.05, 4.69) is 40.9 Å². The van der Waals surface area contributed by atoms with Crippen molar-refractivity contribution >= 4 is 22.8 Å². The monoisotopic (exact) mass is 472 g/mol. The predicted molar refractivity (Wildman–Crippen MR) is 133 cm³/mol. The summed E-state index contributed by atoms with van der Waals surface area (Å²) in [7, 11) is 0. The van der Waals surface area contributed by atoms with Crippen molar-refractivity contribution in [3.63, 3.8) is 0 Å². The van der Waals surface area contributed by atoms with Gasteiger partial charge in [0, 0.05) is 43.7 Å². The molecular weight excluding hydrogens is 444 g/mol. The molecule has 0 bridgehead atoms. The normalized spacial score (nSPS) is 14.5. The highest BCUT2D eigenvalue weighted by Gasteiger charge is 2.24. The molecule has 1 aliphatic heterocycles. The first-order valence-electron chi connectivity index (χ1n) is 11.7. The molecule has 1 N–H and O–H groups in total. The summed E-state index contributed by atoms with van der Waals surface area (Å²) in [6, 6.07) is 14.6. The highest BCUT2D eigenvalue weighted by molar-refractivity contribution is 5.94. The Labute approximate surface area is 202 Å². The van der Waals surface area contributed by atoms with E-state index in [0.29, 0.717) is 66.7 Å². The molecule has 0 radical (unpaired) electrons. The average Bonchev–Trinajstić information content (AvgIpc) is 3.30. The SMILES string of the molecule is CC(C)(C)Cc1nc(-c2ccc(C(=O)N3CCN(c4nc5ccccc5c(=O)[nH]4)CC3)cc2)no1. The molecular formula is C26H28N6O3. The number of H-pyrrole nitrogens is 1. The van der Waals surface area contributed by atoms with Gasteiger partial charge in [0.05, 0.1) is 10.9 Å². The van der Waals surface area contributed by atoms with Gasteiger partial charge < -0.3 is 14.3 Å². The molecule has 5 rings (SSSR count). The Morgan fingerprint density at radius 3 is 2.43 bits per heavy atom. The summed E-state index contributed by atoms with van der Waals surface area (Å²) in [5.41, 5.74) is 1.98. The van der Waals surface area contributed by atoms with Crippen LogP contribution in [-0.2, 0) is 6.42 Å². The van der Waals surface area contributed by atoms with Gasteiger partial charge in [-0.1, -0.05) is 50.2 Å². The van der Waals surface area contributed by atoms with Crippen LogP contribution in [0.1, 0.15) is 37.0 Å². The Morgan fingerprint density at radius 2 is 1.71 bits per heavy atom. The zero-order chi connectivity index (χ0) is 24.6. The molecule has 1 fully saturated rings. The fourth-order valence-electron chi connectivity index (χ4n) is 4.19. The first-order valence-corrected chi connectivity index (χ1v) is 11.7. The maximum atomic E-state index is 13.1. The second kappa shape index (κ2) is 8.98. The van der Waals surface area contributed by atoms with Crippen LogP contribution in [0.3, 0.4) is 0 Å². The predicted octanol–water partition coefficient (Wildman–Crippen LogP) is 3.52. The number of piperazine rings is 1. The molecule has 1 saturated heterocycles. The average molecular weight is 473 g/mol. The number of hydrogen-bond acceptors (Lipinski definition) is 7. The van der Waals surface area contributed by atoms with Gasteiger partial charge in [0.15, 0.2) is 0 Å². The lowest BCUT2D eigenvalue weighted by molar-refractivity contribution is 0.0746. The Morgan fingerprint density at radius 1 is 1.00 bits per heavy atom. The van der Waals surface area contributed by atoms with E-state index in [1.807, 2.05) is 40.1 Å². The lowest BCUT2D eigenvalue weighted by Crippen LogP contribution is -2.49. The van der Waals surface area contributed by atoms with E-state index in [9.17, 15) is 9.59 Å². The second-order valence-electron chi connectivity index (χ2n) is 10.0. The van der Waals surface area contributed by atoms with E-state index < -0.39 is 0 Å². The molecule has 4 aromatic rings. The molecule has 0 unspecified atom stereocenters. The van der Waals surface area contributed by atoms with Crippen LogP contribution in [0, 0.1) is 5.41 Å². The molecule has 35 heavy (non-hydrogen) atoms. The van der Waals surface area contributed by atoms with Gasteiger partial charge in [-0.3, -0.25) is 14.6 Å². The van der Waals surface area contributed by atoms with E-state index in [4.69, 9.17) is 4.52 Å². The zero-order valence-electron chi connectivity index (χ0n) is 20.1. The van der Waals surface area contributed by atoms with Gasteiger partial charge in [-0.25, -0.2) is 4.98 Å². The number of aromatic nitrogens is 4. The molecule has 0 aliphatic carbocycles. The number of hydrogen-bond donors (Lipinski definition) is 1. The van der Waals surface area contributed by atoms with Crippen molar-refractivity contribution in [3.8, 4) is 11.4 Å². The molecule has 0 atom stereocenters.